The maximum Gasteiger partial charge on any atom is 0.116 e. The molecule has 0 fully saturated rings. The molecule has 1 heterocycles. The van der Waals surface area contributed by atoms with Crippen molar-refractivity contribution < 1.29 is 9.90 Å². The molecule has 0 unspecified atom stereocenters. The van der Waals surface area contributed by atoms with Gasteiger partial charge in [0, 0.05) is 9.86 Å². The van der Waals surface area contributed by atoms with E-state index in [2.05, 4.69) is 25.9 Å². The lowest BCUT2D eigenvalue weighted by atomic mass is 10.2. The van der Waals surface area contributed by atoms with Crippen LogP contribution in [0.15, 0.2) is 29.0 Å². The fourth-order valence-corrected chi connectivity index (χ4v) is 1.55. The second-order valence-electron chi connectivity index (χ2n) is 2.67. The quantitative estimate of drug-likeness (QED) is 0.838. The third kappa shape index (κ3) is 2.11. The fraction of sp³-hybridized carbons (Fsp3) is 0. The first-order chi connectivity index (χ1) is 6.68. The summed E-state index contributed by atoms with van der Waals surface area (Å²) in [6.07, 6.45) is 1.21. The van der Waals surface area contributed by atoms with Gasteiger partial charge in [-0.05, 0) is 18.2 Å². The van der Waals surface area contributed by atoms with E-state index < -0.39 is 5.97 Å². The molecule has 0 aliphatic carbocycles. The molecule has 0 amide bonds. The Morgan fingerprint density at radius 1 is 1.33 bits per heavy atom. The van der Waals surface area contributed by atoms with Gasteiger partial charge in [-0.25, -0.2) is 9.97 Å². The molecule has 6 heteroatoms. The molecule has 15 heavy (non-hydrogen) atoms. The summed E-state index contributed by atoms with van der Waals surface area (Å²) >= 11 is 3.25. The highest BCUT2D eigenvalue weighted by Gasteiger charge is 2.04. The second kappa shape index (κ2) is 4.33. The van der Waals surface area contributed by atoms with Crippen LogP contribution in [0.25, 0.3) is 10.9 Å². The molecule has 1 aromatic carbocycles. The minimum Gasteiger partial charge on any atom is -0.543 e. The van der Waals surface area contributed by atoms with E-state index >= 15 is 0 Å². The maximum absolute atomic E-state index is 10.7. The van der Waals surface area contributed by atoms with Gasteiger partial charge in [0.2, 0.25) is 0 Å². The molecule has 2 aromatic rings. The van der Waals surface area contributed by atoms with Crippen LogP contribution in [0.4, 0.5) is 0 Å². The van der Waals surface area contributed by atoms with Crippen LogP contribution in [0, 0.1) is 0 Å². The van der Waals surface area contributed by atoms with Crippen molar-refractivity contribution in [1.29, 1.82) is 0 Å². The third-order valence-electron chi connectivity index (χ3n) is 1.79. The molecule has 0 saturated heterocycles. The Balaban J connectivity index is 0.00000112. The van der Waals surface area contributed by atoms with Gasteiger partial charge in [0.25, 0.3) is 0 Å². The minimum absolute atomic E-state index is 0. The highest BCUT2D eigenvalue weighted by Crippen LogP contribution is 2.19. The molecule has 1 aromatic heterocycles. The smallest absolute Gasteiger partial charge is 0.116 e. The number of carbonyl (C=O) groups is 1. The van der Waals surface area contributed by atoms with Crippen LogP contribution in [-0.4, -0.2) is 15.9 Å². The van der Waals surface area contributed by atoms with Gasteiger partial charge in [-0.3, -0.25) is 0 Å². The molecule has 0 spiro atoms. The maximum atomic E-state index is 10.7. The molecule has 0 atom stereocenters. The second-order valence-corrected chi connectivity index (χ2v) is 3.59. The Labute approximate surface area is 93.9 Å². The normalized spacial score (nSPS) is 9.67. The highest BCUT2D eigenvalue weighted by atomic mass is 79.9. The van der Waals surface area contributed by atoms with E-state index in [0.717, 1.165) is 4.47 Å². The number of hydrogen-bond donors (Lipinski definition) is 1. The average Bonchev–Trinajstić information content (AvgIpc) is 2.16. The first kappa shape index (κ1) is 11.5. The summed E-state index contributed by atoms with van der Waals surface area (Å²) in [5, 5.41) is 11.2. The summed E-state index contributed by atoms with van der Waals surface area (Å²) < 4.78 is 0.780. The molecule has 5 nitrogen and oxygen atoms in total. The molecule has 0 radical (unpaired) electrons. The van der Waals surface area contributed by atoms with Crippen molar-refractivity contribution in [2.24, 2.45) is 0 Å². The van der Waals surface area contributed by atoms with Crippen molar-refractivity contribution in [3.63, 3.8) is 0 Å². The first-order valence-electron chi connectivity index (χ1n) is 3.80. The molecule has 0 saturated carbocycles. The van der Waals surface area contributed by atoms with Crippen molar-refractivity contribution in [1.82, 2.24) is 16.1 Å². The summed E-state index contributed by atoms with van der Waals surface area (Å²) in [7, 11) is 0. The number of benzene rings is 1. The van der Waals surface area contributed by atoms with Crippen LogP contribution < -0.4 is 11.3 Å². The molecule has 4 N–H and O–H groups in total. The van der Waals surface area contributed by atoms with Gasteiger partial charge in [-0.15, -0.1) is 0 Å². The van der Waals surface area contributed by atoms with Crippen LogP contribution in [0.1, 0.15) is 10.5 Å². The number of halogens is 1. The van der Waals surface area contributed by atoms with E-state index in [9.17, 15) is 9.90 Å². The standard InChI is InChI=1S/C9H5BrN2O2.H3N/c10-5-1-2-7-6(3-5)8(9(13)14)12-4-11-7;/h1-4H,(H,13,14);1H3. The van der Waals surface area contributed by atoms with Crippen LogP contribution in [0.5, 0.6) is 0 Å². The zero-order valence-corrected chi connectivity index (χ0v) is 9.48. The molecule has 2 rings (SSSR count). The molecule has 0 aliphatic heterocycles. The lowest BCUT2D eigenvalue weighted by molar-refractivity contribution is -0.255. The summed E-state index contributed by atoms with van der Waals surface area (Å²) in [6, 6.07) is 5.16. The topological polar surface area (TPSA) is 102 Å². The van der Waals surface area contributed by atoms with Gasteiger partial charge in [-0.2, -0.15) is 0 Å². The molecule has 78 valence electrons. The predicted molar refractivity (Wildman–Crippen MR) is 57.6 cm³/mol. The molecular weight excluding hydrogens is 262 g/mol. The van der Waals surface area contributed by atoms with Gasteiger partial charge >= 0.3 is 0 Å². The number of fused-ring (bicyclic) bond motifs is 1. The van der Waals surface area contributed by atoms with Gasteiger partial charge in [0.15, 0.2) is 0 Å². The van der Waals surface area contributed by atoms with E-state index in [1.807, 2.05) is 0 Å². The number of carbonyl (C=O) groups excluding carboxylic acids is 1. The zero-order valence-electron chi connectivity index (χ0n) is 7.90. The Kier molecular flexibility index (Phi) is 3.33. The van der Waals surface area contributed by atoms with Gasteiger partial charge in [0.1, 0.15) is 6.33 Å². The highest BCUT2D eigenvalue weighted by molar-refractivity contribution is 9.10. The largest absolute Gasteiger partial charge is 0.543 e. The van der Waals surface area contributed by atoms with Gasteiger partial charge in [-0.1, -0.05) is 15.9 Å². The van der Waals surface area contributed by atoms with Crippen molar-refractivity contribution in [2.45, 2.75) is 0 Å². The number of carboxylic acid groups (broad SMARTS) is 1. The number of aromatic nitrogens is 2. The van der Waals surface area contributed by atoms with E-state index in [0.29, 0.717) is 10.9 Å². The third-order valence-corrected chi connectivity index (χ3v) is 2.28. The molecule has 0 bridgehead atoms. The van der Waals surface area contributed by atoms with Crippen LogP contribution >= 0.6 is 15.9 Å². The summed E-state index contributed by atoms with van der Waals surface area (Å²) in [5.74, 6) is -1.30. The Bertz CT molecular complexity index is 516. The zero-order chi connectivity index (χ0) is 10.1. The van der Waals surface area contributed by atoms with E-state index in [1.165, 1.54) is 6.33 Å². The van der Waals surface area contributed by atoms with Crippen molar-refractivity contribution in [2.75, 3.05) is 0 Å². The Morgan fingerprint density at radius 3 is 2.73 bits per heavy atom. The number of carboxylic acids is 1. The Morgan fingerprint density at radius 2 is 2.07 bits per heavy atom. The number of aromatic carboxylic acids is 1. The van der Waals surface area contributed by atoms with Crippen LogP contribution in [0.2, 0.25) is 0 Å². The van der Waals surface area contributed by atoms with Crippen molar-refractivity contribution >= 4 is 32.8 Å². The van der Waals surface area contributed by atoms with Crippen LogP contribution in [-0.2, 0) is 0 Å². The number of nitrogens with zero attached hydrogens (tertiary/aromatic N) is 2. The summed E-state index contributed by atoms with van der Waals surface area (Å²) in [6.45, 7) is 0. The predicted octanol–water partition coefficient (Wildman–Crippen LogP) is 1.13. The monoisotopic (exact) mass is 269 g/mol. The van der Waals surface area contributed by atoms with Crippen LogP contribution in [0.3, 0.4) is 0 Å². The molecular formula is C9H8BrN3O2. The van der Waals surface area contributed by atoms with Gasteiger partial charge < -0.3 is 16.1 Å². The lowest BCUT2D eigenvalue weighted by Gasteiger charge is -2.05. The average molecular weight is 270 g/mol. The van der Waals surface area contributed by atoms with Gasteiger partial charge in [0.05, 0.1) is 17.2 Å². The Hall–Kier alpha value is -1.53. The van der Waals surface area contributed by atoms with E-state index in [1.54, 1.807) is 18.2 Å². The number of hydrogen-bond acceptors (Lipinski definition) is 4. The summed E-state index contributed by atoms with van der Waals surface area (Å²) in [4.78, 5) is 18.3. The van der Waals surface area contributed by atoms with Crippen molar-refractivity contribution in [3.8, 4) is 0 Å². The number of rotatable bonds is 1. The SMILES string of the molecule is O=C([O-])c1ncnc2ccc(Br)cc12.[NH4+]. The van der Waals surface area contributed by atoms with E-state index in [4.69, 9.17) is 0 Å². The minimum atomic E-state index is -1.30. The summed E-state index contributed by atoms with van der Waals surface area (Å²) in [5.41, 5.74) is 0.499. The number of quaternary nitrogens is 1. The first-order valence-corrected chi connectivity index (χ1v) is 4.59. The van der Waals surface area contributed by atoms with Crippen molar-refractivity contribution in [3.05, 3.63) is 34.7 Å². The fourth-order valence-electron chi connectivity index (χ4n) is 1.19. The lowest BCUT2D eigenvalue weighted by Crippen LogP contribution is -2.23. The molecule has 0 aliphatic rings. The van der Waals surface area contributed by atoms with E-state index in [-0.39, 0.29) is 11.8 Å².